The summed E-state index contributed by atoms with van der Waals surface area (Å²) in [6.45, 7) is 0. The van der Waals surface area contributed by atoms with E-state index < -0.39 is 11.9 Å². The smallest absolute Gasteiger partial charge is 0.314 e. The van der Waals surface area contributed by atoms with Gasteiger partial charge in [-0.2, -0.15) is 0 Å². The minimum absolute atomic E-state index is 0.127. The SMILES string of the molecule is O=C1C=CC(C(=O)O)c2ccccc21. The highest BCUT2D eigenvalue weighted by Gasteiger charge is 2.25. The molecule has 0 saturated heterocycles. The van der Waals surface area contributed by atoms with Crippen molar-refractivity contribution >= 4 is 11.8 Å². The molecule has 0 aromatic heterocycles. The number of carboxylic acid groups (broad SMARTS) is 1. The monoisotopic (exact) mass is 188 g/mol. The fourth-order valence-electron chi connectivity index (χ4n) is 1.59. The third-order valence-corrected chi connectivity index (χ3v) is 2.27. The van der Waals surface area contributed by atoms with Gasteiger partial charge in [-0.15, -0.1) is 0 Å². The summed E-state index contributed by atoms with van der Waals surface area (Å²) in [5, 5.41) is 8.91. The van der Waals surface area contributed by atoms with Gasteiger partial charge in [-0.25, -0.2) is 0 Å². The molecule has 0 spiro atoms. The van der Waals surface area contributed by atoms with E-state index in [0.717, 1.165) is 0 Å². The van der Waals surface area contributed by atoms with Crippen LogP contribution < -0.4 is 0 Å². The van der Waals surface area contributed by atoms with Gasteiger partial charge in [0.2, 0.25) is 0 Å². The maximum Gasteiger partial charge on any atom is 0.314 e. The van der Waals surface area contributed by atoms with Gasteiger partial charge in [0.05, 0.1) is 0 Å². The number of carbonyl (C=O) groups is 2. The number of hydrogen-bond donors (Lipinski definition) is 1. The molecule has 1 N–H and O–H groups in total. The predicted octanol–water partition coefficient (Wildman–Crippen LogP) is 1.61. The largest absolute Gasteiger partial charge is 0.481 e. The van der Waals surface area contributed by atoms with Gasteiger partial charge in [0, 0.05) is 5.56 Å². The first kappa shape index (κ1) is 8.69. The van der Waals surface area contributed by atoms with Gasteiger partial charge >= 0.3 is 5.97 Å². The molecule has 0 radical (unpaired) electrons. The Balaban J connectivity index is 2.58. The fraction of sp³-hybridized carbons (Fsp3) is 0.0909. The van der Waals surface area contributed by atoms with Crippen LogP contribution in [-0.4, -0.2) is 16.9 Å². The normalized spacial score (nSPS) is 19.1. The lowest BCUT2D eigenvalue weighted by molar-refractivity contribution is -0.137. The molecule has 0 aliphatic heterocycles. The van der Waals surface area contributed by atoms with Crippen LogP contribution in [0, 0.1) is 0 Å². The summed E-state index contributed by atoms with van der Waals surface area (Å²) < 4.78 is 0. The van der Waals surface area contributed by atoms with Gasteiger partial charge in [0.1, 0.15) is 5.92 Å². The first-order valence-corrected chi connectivity index (χ1v) is 4.24. The second-order valence-corrected chi connectivity index (χ2v) is 3.13. The molecule has 0 heterocycles. The maximum absolute atomic E-state index is 11.4. The quantitative estimate of drug-likeness (QED) is 0.728. The van der Waals surface area contributed by atoms with Crippen LogP contribution in [0.25, 0.3) is 0 Å². The zero-order valence-corrected chi connectivity index (χ0v) is 7.31. The molecular weight excluding hydrogens is 180 g/mol. The number of carboxylic acids is 1. The van der Waals surface area contributed by atoms with Crippen molar-refractivity contribution in [2.75, 3.05) is 0 Å². The summed E-state index contributed by atoms with van der Waals surface area (Å²) >= 11 is 0. The van der Waals surface area contributed by atoms with E-state index in [-0.39, 0.29) is 5.78 Å². The van der Waals surface area contributed by atoms with Crippen molar-refractivity contribution in [3.8, 4) is 0 Å². The van der Waals surface area contributed by atoms with Crippen molar-refractivity contribution < 1.29 is 14.7 Å². The maximum atomic E-state index is 11.4. The molecular formula is C11H8O3. The van der Waals surface area contributed by atoms with Crippen LogP contribution in [0.1, 0.15) is 21.8 Å². The van der Waals surface area contributed by atoms with E-state index in [0.29, 0.717) is 11.1 Å². The van der Waals surface area contributed by atoms with E-state index in [1.165, 1.54) is 12.2 Å². The van der Waals surface area contributed by atoms with Crippen LogP contribution in [0.4, 0.5) is 0 Å². The van der Waals surface area contributed by atoms with Crippen molar-refractivity contribution in [3.05, 3.63) is 47.5 Å². The topological polar surface area (TPSA) is 54.4 Å². The molecule has 0 fully saturated rings. The van der Waals surface area contributed by atoms with Crippen molar-refractivity contribution in [2.45, 2.75) is 5.92 Å². The Morgan fingerprint density at radius 2 is 2.00 bits per heavy atom. The Labute approximate surface area is 80.7 Å². The summed E-state index contributed by atoms with van der Waals surface area (Å²) in [5.74, 6) is -1.75. The lowest BCUT2D eigenvalue weighted by Gasteiger charge is -2.15. The molecule has 1 aromatic carbocycles. The molecule has 0 bridgehead atoms. The lowest BCUT2D eigenvalue weighted by atomic mass is 9.87. The van der Waals surface area contributed by atoms with Gasteiger partial charge < -0.3 is 5.11 Å². The minimum Gasteiger partial charge on any atom is -0.481 e. The molecule has 1 atom stereocenters. The second-order valence-electron chi connectivity index (χ2n) is 3.13. The van der Waals surface area contributed by atoms with Crippen molar-refractivity contribution in [1.29, 1.82) is 0 Å². The second kappa shape index (κ2) is 3.10. The van der Waals surface area contributed by atoms with Gasteiger partial charge in [-0.05, 0) is 11.6 Å². The molecule has 1 aliphatic carbocycles. The first-order valence-electron chi connectivity index (χ1n) is 4.24. The van der Waals surface area contributed by atoms with Gasteiger partial charge in [-0.1, -0.05) is 30.3 Å². The molecule has 1 aliphatic rings. The van der Waals surface area contributed by atoms with E-state index in [4.69, 9.17) is 5.11 Å². The van der Waals surface area contributed by atoms with Crippen molar-refractivity contribution in [1.82, 2.24) is 0 Å². The summed E-state index contributed by atoms with van der Waals surface area (Å²) in [4.78, 5) is 22.2. The molecule has 0 amide bonds. The number of hydrogen-bond acceptors (Lipinski definition) is 2. The zero-order chi connectivity index (χ0) is 10.1. The van der Waals surface area contributed by atoms with Gasteiger partial charge in [0.25, 0.3) is 0 Å². The van der Waals surface area contributed by atoms with Crippen LogP contribution in [0.3, 0.4) is 0 Å². The Bertz CT molecular complexity index is 432. The summed E-state index contributed by atoms with van der Waals surface area (Å²) in [5.41, 5.74) is 1.06. The van der Waals surface area contributed by atoms with Crippen molar-refractivity contribution in [3.63, 3.8) is 0 Å². The zero-order valence-electron chi connectivity index (χ0n) is 7.31. The summed E-state index contributed by atoms with van der Waals surface area (Å²) in [6, 6.07) is 6.79. The van der Waals surface area contributed by atoms with Gasteiger partial charge in [0.15, 0.2) is 5.78 Å². The third-order valence-electron chi connectivity index (χ3n) is 2.27. The molecule has 3 nitrogen and oxygen atoms in total. The lowest BCUT2D eigenvalue weighted by Crippen LogP contribution is -2.17. The highest BCUT2D eigenvalue weighted by atomic mass is 16.4. The Hall–Kier alpha value is -1.90. The number of ketones is 1. The highest BCUT2D eigenvalue weighted by Crippen LogP contribution is 2.26. The average molecular weight is 188 g/mol. The Morgan fingerprint density at radius 1 is 1.29 bits per heavy atom. The van der Waals surface area contributed by atoms with E-state index in [2.05, 4.69) is 0 Å². The van der Waals surface area contributed by atoms with Crippen LogP contribution >= 0.6 is 0 Å². The highest BCUT2D eigenvalue weighted by molar-refractivity contribution is 6.08. The van der Waals surface area contributed by atoms with E-state index >= 15 is 0 Å². The number of rotatable bonds is 1. The van der Waals surface area contributed by atoms with Crippen molar-refractivity contribution in [2.24, 2.45) is 0 Å². The fourth-order valence-corrected chi connectivity index (χ4v) is 1.59. The number of aliphatic carboxylic acids is 1. The summed E-state index contributed by atoms with van der Waals surface area (Å²) in [6.07, 6.45) is 2.74. The number of benzene rings is 1. The molecule has 2 rings (SSSR count). The molecule has 0 saturated carbocycles. The Kier molecular flexibility index (Phi) is 1.93. The summed E-state index contributed by atoms with van der Waals surface area (Å²) in [7, 11) is 0. The number of fused-ring (bicyclic) bond motifs is 1. The first-order chi connectivity index (χ1) is 6.70. The molecule has 3 heteroatoms. The predicted molar refractivity (Wildman–Crippen MR) is 50.3 cm³/mol. The molecule has 1 aromatic rings. The third kappa shape index (κ3) is 1.23. The Morgan fingerprint density at radius 3 is 2.71 bits per heavy atom. The molecule has 1 unspecified atom stereocenters. The molecule has 70 valence electrons. The number of allylic oxidation sites excluding steroid dienone is 1. The standard InChI is InChI=1S/C11H8O3/c12-10-6-5-9(11(13)14)7-3-1-2-4-8(7)10/h1-6,9H,(H,13,14). The average Bonchev–Trinajstić information content (AvgIpc) is 2.18. The number of carbonyl (C=O) groups excluding carboxylic acids is 1. The van der Waals surface area contributed by atoms with Crippen LogP contribution in [0.5, 0.6) is 0 Å². The van der Waals surface area contributed by atoms with E-state index in [9.17, 15) is 9.59 Å². The van der Waals surface area contributed by atoms with E-state index in [1.807, 2.05) is 0 Å². The van der Waals surface area contributed by atoms with Gasteiger partial charge in [-0.3, -0.25) is 9.59 Å². The van der Waals surface area contributed by atoms with Crippen LogP contribution in [0.15, 0.2) is 36.4 Å². The molecule has 14 heavy (non-hydrogen) atoms. The van der Waals surface area contributed by atoms with Crippen LogP contribution in [0.2, 0.25) is 0 Å². The van der Waals surface area contributed by atoms with Crippen LogP contribution in [-0.2, 0) is 4.79 Å². The van der Waals surface area contributed by atoms with E-state index in [1.54, 1.807) is 24.3 Å². The minimum atomic E-state index is -0.929.